The lowest BCUT2D eigenvalue weighted by Gasteiger charge is -2.04. The number of hydrogen-bond acceptors (Lipinski definition) is 5. The average molecular weight is 362 g/mol. The van der Waals surface area contributed by atoms with Crippen molar-refractivity contribution >= 4 is 44.9 Å². The fraction of sp³-hybridized carbons (Fsp3) is 0.176. The molecule has 0 saturated carbocycles. The lowest BCUT2D eigenvalue weighted by Crippen LogP contribution is -2.14. The van der Waals surface area contributed by atoms with Gasteiger partial charge in [0.15, 0.2) is 4.34 Å². The van der Waals surface area contributed by atoms with Crippen LogP contribution in [0, 0.1) is 5.82 Å². The number of halogens is 1. The Morgan fingerprint density at radius 3 is 2.96 bits per heavy atom. The molecule has 4 nitrogen and oxygen atoms in total. The van der Waals surface area contributed by atoms with Gasteiger partial charge in [0, 0.05) is 0 Å². The van der Waals surface area contributed by atoms with Crippen molar-refractivity contribution in [1.29, 1.82) is 0 Å². The number of nitrogens with zero attached hydrogens (tertiary/aromatic N) is 1. The highest BCUT2D eigenvalue weighted by Crippen LogP contribution is 2.32. The fourth-order valence-electron chi connectivity index (χ4n) is 2.08. The number of para-hydroxylation sites is 1. The quantitative estimate of drug-likeness (QED) is 0.653. The van der Waals surface area contributed by atoms with Crippen LogP contribution < -0.4 is 10.1 Å². The van der Waals surface area contributed by atoms with E-state index in [1.165, 1.54) is 35.2 Å². The molecule has 0 spiro atoms. The molecule has 0 fully saturated rings. The topological polar surface area (TPSA) is 51.2 Å². The Balaban J connectivity index is 1.62. The van der Waals surface area contributed by atoms with Gasteiger partial charge in [-0.3, -0.25) is 4.79 Å². The third-order valence-corrected chi connectivity index (χ3v) is 5.29. The van der Waals surface area contributed by atoms with Gasteiger partial charge in [-0.05, 0) is 37.3 Å². The highest BCUT2D eigenvalue weighted by atomic mass is 32.2. The number of nitrogens with one attached hydrogen (secondary N) is 1. The number of anilines is 1. The zero-order valence-corrected chi connectivity index (χ0v) is 14.5. The predicted molar refractivity (Wildman–Crippen MR) is 96.5 cm³/mol. The van der Waals surface area contributed by atoms with Crippen LogP contribution in [-0.4, -0.2) is 23.3 Å². The van der Waals surface area contributed by atoms with E-state index in [9.17, 15) is 9.18 Å². The summed E-state index contributed by atoms with van der Waals surface area (Å²) in [5.74, 6) is 0.271. The minimum atomic E-state index is -0.445. The molecule has 3 aromatic rings. The third-order valence-electron chi connectivity index (χ3n) is 3.13. The molecule has 24 heavy (non-hydrogen) atoms. The van der Waals surface area contributed by atoms with Gasteiger partial charge in [0.25, 0.3) is 0 Å². The fourth-order valence-corrected chi connectivity index (χ4v) is 3.98. The Labute approximate surface area is 147 Å². The van der Waals surface area contributed by atoms with E-state index in [1.807, 2.05) is 25.1 Å². The maximum absolute atomic E-state index is 13.5. The van der Waals surface area contributed by atoms with E-state index in [-0.39, 0.29) is 17.3 Å². The Kier molecular flexibility index (Phi) is 5.32. The normalized spacial score (nSPS) is 10.8. The third kappa shape index (κ3) is 4.04. The second kappa shape index (κ2) is 7.63. The van der Waals surface area contributed by atoms with Crippen LogP contribution in [0.2, 0.25) is 0 Å². The van der Waals surface area contributed by atoms with Crippen LogP contribution in [0.25, 0.3) is 10.2 Å². The van der Waals surface area contributed by atoms with Crippen LogP contribution in [0.15, 0.2) is 46.8 Å². The smallest absolute Gasteiger partial charge is 0.234 e. The lowest BCUT2D eigenvalue weighted by atomic mass is 10.3. The van der Waals surface area contributed by atoms with Crippen LogP contribution >= 0.6 is 23.1 Å². The van der Waals surface area contributed by atoms with E-state index in [1.54, 1.807) is 12.1 Å². The first-order valence-electron chi connectivity index (χ1n) is 7.36. The van der Waals surface area contributed by atoms with Crippen LogP contribution in [0.1, 0.15) is 6.92 Å². The minimum absolute atomic E-state index is 0.173. The number of carbonyl (C=O) groups is 1. The summed E-state index contributed by atoms with van der Waals surface area (Å²) < 4.78 is 20.8. The molecule has 0 saturated heterocycles. The van der Waals surface area contributed by atoms with Gasteiger partial charge in [0.1, 0.15) is 11.6 Å². The summed E-state index contributed by atoms with van der Waals surface area (Å²) in [4.78, 5) is 16.4. The van der Waals surface area contributed by atoms with Gasteiger partial charge < -0.3 is 10.1 Å². The number of fused-ring (bicyclic) bond motifs is 1. The number of rotatable bonds is 6. The standard InChI is InChI=1S/C17H15FN2O2S2/c1-2-22-11-7-8-14-15(9-11)24-17(20-14)23-10-16(21)19-13-6-4-3-5-12(13)18/h3-9H,2,10H2,1H3,(H,19,21). The molecule has 0 aliphatic carbocycles. The summed E-state index contributed by atoms with van der Waals surface area (Å²) >= 11 is 2.84. The van der Waals surface area contributed by atoms with E-state index in [0.29, 0.717) is 6.61 Å². The van der Waals surface area contributed by atoms with Crippen molar-refractivity contribution in [2.45, 2.75) is 11.3 Å². The maximum Gasteiger partial charge on any atom is 0.234 e. The van der Waals surface area contributed by atoms with E-state index in [0.717, 1.165) is 20.3 Å². The van der Waals surface area contributed by atoms with Crippen LogP contribution in [0.3, 0.4) is 0 Å². The molecule has 7 heteroatoms. The van der Waals surface area contributed by atoms with Crippen molar-refractivity contribution < 1.29 is 13.9 Å². The first kappa shape index (κ1) is 16.7. The summed E-state index contributed by atoms with van der Waals surface area (Å²) in [7, 11) is 0. The van der Waals surface area contributed by atoms with Crippen LogP contribution in [0.5, 0.6) is 5.75 Å². The molecule has 1 heterocycles. The Hall–Kier alpha value is -2.12. The molecular formula is C17H15FN2O2S2. The van der Waals surface area contributed by atoms with E-state index in [4.69, 9.17) is 4.74 Å². The molecule has 1 amide bonds. The molecular weight excluding hydrogens is 347 g/mol. The number of benzene rings is 2. The average Bonchev–Trinajstić information content (AvgIpc) is 2.98. The molecule has 0 atom stereocenters. The number of amides is 1. The van der Waals surface area contributed by atoms with Crippen LogP contribution in [0.4, 0.5) is 10.1 Å². The summed E-state index contributed by atoms with van der Waals surface area (Å²) in [5.41, 5.74) is 1.06. The molecule has 0 aliphatic heterocycles. The van der Waals surface area contributed by atoms with E-state index >= 15 is 0 Å². The zero-order valence-electron chi connectivity index (χ0n) is 12.9. The Morgan fingerprint density at radius 2 is 2.17 bits per heavy atom. The molecule has 124 valence electrons. The predicted octanol–water partition coefficient (Wildman–Crippen LogP) is 4.56. The maximum atomic E-state index is 13.5. The second-order valence-corrected chi connectivity index (χ2v) is 7.11. The SMILES string of the molecule is CCOc1ccc2nc(SCC(=O)Nc3ccccc3F)sc2c1. The summed E-state index contributed by atoms with van der Waals surface area (Å²) in [5, 5.41) is 2.56. The largest absolute Gasteiger partial charge is 0.494 e. The molecule has 1 N–H and O–H groups in total. The van der Waals surface area contributed by atoms with E-state index in [2.05, 4.69) is 10.3 Å². The van der Waals surface area contributed by atoms with E-state index < -0.39 is 5.82 Å². The number of aromatic nitrogens is 1. The highest BCUT2D eigenvalue weighted by molar-refractivity contribution is 8.01. The van der Waals surface area contributed by atoms with Gasteiger partial charge in [-0.25, -0.2) is 9.37 Å². The van der Waals surface area contributed by atoms with Crippen molar-refractivity contribution in [2.75, 3.05) is 17.7 Å². The Morgan fingerprint density at radius 1 is 1.33 bits per heavy atom. The molecule has 0 unspecified atom stereocenters. The highest BCUT2D eigenvalue weighted by Gasteiger charge is 2.10. The Bertz CT molecular complexity index is 867. The molecule has 3 rings (SSSR count). The monoisotopic (exact) mass is 362 g/mol. The van der Waals surface area contributed by atoms with Gasteiger partial charge in [0.05, 0.1) is 28.3 Å². The van der Waals surface area contributed by atoms with Gasteiger partial charge in [-0.2, -0.15) is 0 Å². The van der Waals surface area contributed by atoms with Crippen molar-refractivity contribution in [3.8, 4) is 5.75 Å². The number of thioether (sulfide) groups is 1. The van der Waals surface area contributed by atoms with Crippen molar-refractivity contribution in [3.05, 3.63) is 48.3 Å². The first-order chi connectivity index (χ1) is 11.7. The number of ether oxygens (including phenoxy) is 1. The molecule has 1 aromatic heterocycles. The van der Waals surface area contributed by atoms with Gasteiger partial charge in [-0.1, -0.05) is 23.9 Å². The molecule has 0 radical (unpaired) electrons. The summed E-state index contributed by atoms with van der Waals surface area (Å²) in [6.07, 6.45) is 0. The van der Waals surface area contributed by atoms with Crippen LogP contribution in [-0.2, 0) is 4.79 Å². The van der Waals surface area contributed by atoms with Gasteiger partial charge in [0.2, 0.25) is 5.91 Å². The number of hydrogen-bond donors (Lipinski definition) is 1. The van der Waals surface area contributed by atoms with Crippen molar-refractivity contribution in [1.82, 2.24) is 4.98 Å². The number of thiazole rings is 1. The van der Waals surface area contributed by atoms with Gasteiger partial charge in [-0.15, -0.1) is 11.3 Å². The minimum Gasteiger partial charge on any atom is -0.494 e. The molecule has 2 aromatic carbocycles. The van der Waals surface area contributed by atoms with Crippen molar-refractivity contribution in [2.24, 2.45) is 0 Å². The lowest BCUT2D eigenvalue weighted by molar-refractivity contribution is -0.113. The van der Waals surface area contributed by atoms with Crippen molar-refractivity contribution in [3.63, 3.8) is 0 Å². The van der Waals surface area contributed by atoms with Gasteiger partial charge >= 0.3 is 0 Å². The summed E-state index contributed by atoms with van der Waals surface area (Å²) in [6, 6.07) is 11.8. The first-order valence-corrected chi connectivity index (χ1v) is 9.16. The second-order valence-electron chi connectivity index (χ2n) is 4.86. The summed E-state index contributed by atoms with van der Waals surface area (Å²) in [6.45, 7) is 2.55. The molecule has 0 aliphatic rings. The molecule has 0 bridgehead atoms. The number of carbonyl (C=O) groups excluding carboxylic acids is 1. The zero-order chi connectivity index (χ0) is 16.9.